The molecular weight excluding hydrogens is 354 g/mol. The van der Waals surface area contributed by atoms with Crippen molar-refractivity contribution < 1.29 is 13.0 Å². The molecule has 0 saturated heterocycles. The molecule has 8 nitrogen and oxygen atoms in total. The molecule has 0 bridgehead atoms. The average Bonchev–Trinajstić information content (AvgIpc) is 2.83. The summed E-state index contributed by atoms with van der Waals surface area (Å²) in [6, 6.07) is 6.75. The molecule has 1 aromatic carbocycles. The van der Waals surface area contributed by atoms with Crippen LogP contribution in [-0.2, 0) is 10.1 Å². The van der Waals surface area contributed by atoms with Crippen LogP contribution < -0.4 is 11.5 Å². The summed E-state index contributed by atoms with van der Waals surface area (Å²) < 4.78 is 28.3. The van der Waals surface area contributed by atoms with Crippen molar-refractivity contribution in [3.63, 3.8) is 0 Å². The fourth-order valence-corrected chi connectivity index (χ4v) is 3.25. The number of hydrogen-bond donors (Lipinski definition) is 3. The molecule has 3 aromatic rings. The van der Waals surface area contributed by atoms with Gasteiger partial charge in [-0.1, -0.05) is 13.8 Å². The van der Waals surface area contributed by atoms with Gasteiger partial charge < -0.3 is 16.0 Å². The van der Waals surface area contributed by atoms with E-state index in [2.05, 4.69) is 47.4 Å². The highest BCUT2D eigenvalue weighted by atomic mass is 32.2. The van der Waals surface area contributed by atoms with Crippen molar-refractivity contribution in [2.24, 2.45) is 0 Å². The maximum absolute atomic E-state index is 9.19. The number of fused-ring (bicyclic) bond motifs is 3. The van der Waals surface area contributed by atoms with Gasteiger partial charge in [-0.15, -0.1) is 0 Å². The highest BCUT2D eigenvalue weighted by molar-refractivity contribution is 7.85. The van der Waals surface area contributed by atoms with Gasteiger partial charge >= 0.3 is 0 Å². The number of hydrogen-bond acceptors (Lipinski definition) is 6. The summed E-state index contributed by atoms with van der Waals surface area (Å²) in [7, 11) is -3.67. The van der Waals surface area contributed by atoms with Gasteiger partial charge in [0.25, 0.3) is 10.1 Å². The molecule has 9 heteroatoms. The molecule has 26 heavy (non-hydrogen) atoms. The first-order valence-corrected chi connectivity index (χ1v) is 10.2. The van der Waals surface area contributed by atoms with Gasteiger partial charge in [0.15, 0.2) is 0 Å². The first kappa shape index (κ1) is 19.9. The zero-order valence-corrected chi connectivity index (χ0v) is 16.2. The van der Waals surface area contributed by atoms with Crippen molar-refractivity contribution in [2.45, 2.75) is 39.7 Å². The highest BCUT2D eigenvalue weighted by Crippen LogP contribution is 2.34. The molecule has 2 heterocycles. The fourth-order valence-electron chi connectivity index (χ4n) is 3.25. The van der Waals surface area contributed by atoms with E-state index < -0.39 is 10.1 Å². The standard InChI is InChI=1S/C16H21N5.CH4O3S/c1-4-10(5-2)21-9(3)8-11-13(21)7-6-12-14(11)15(17)20-16(18)19-12;1-5(2,3)4/h6-8,10H,4-5H2,1-3H3,(H4,17,18,19,20);1H3,(H,2,3,4). The second-order valence-corrected chi connectivity index (χ2v) is 7.68. The van der Waals surface area contributed by atoms with Crippen LogP contribution in [0.25, 0.3) is 21.8 Å². The van der Waals surface area contributed by atoms with E-state index in [1.807, 2.05) is 6.07 Å². The van der Waals surface area contributed by atoms with Crippen LogP contribution in [0, 0.1) is 6.92 Å². The Balaban J connectivity index is 0.000000431. The van der Waals surface area contributed by atoms with Gasteiger partial charge in [0.1, 0.15) is 5.82 Å². The Labute approximate surface area is 153 Å². The Hall–Kier alpha value is -2.39. The molecule has 0 amide bonds. The number of aromatic nitrogens is 3. The molecule has 0 radical (unpaired) electrons. The number of aryl methyl sites for hydroxylation is 1. The number of nitrogens with zero attached hydrogens (tertiary/aromatic N) is 3. The average molecular weight is 379 g/mol. The van der Waals surface area contributed by atoms with E-state index in [1.54, 1.807) is 0 Å². The van der Waals surface area contributed by atoms with E-state index in [-0.39, 0.29) is 5.95 Å². The Morgan fingerprint density at radius 2 is 1.77 bits per heavy atom. The number of rotatable bonds is 3. The molecule has 3 rings (SSSR count). The molecule has 142 valence electrons. The summed E-state index contributed by atoms with van der Waals surface area (Å²) >= 11 is 0. The summed E-state index contributed by atoms with van der Waals surface area (Å²) in [5.41, 5.74) is 15.0. The minimum atomic E-state index is -3.67. The second kappa shape index (κ2) is 7.46. The molecule has 2 aromatic heterocycles. The lowest BCUT2D eigenvalue weighted by Crippen LogP contribution is -2.08. The van der Waals surface area contributed by atoms with Crippen molar-refractivity contribution in [1.82, 2.24) is 14.5 Å². The maximum Gasteiger partial charge on any atom is 0.261 e. The SMILES string of the molecule is CCC(CC)n1c(C)cc2c3c(N)nc(N)nc3ccc21.CS(=O)(=O)O. The third-order valence-corrected chi connectivity index (χ3v) is 4.23. The van der Waals surface area contributed by atoms with E-state index in [9.17, 15) is 8.42 Å². The van der Waals surface area contributed by atoms with Crippen molar-refractivity contribution in [3.8, 4) is 0 Å². The van der Waals surface area contributed by atoms with Crippen molar-refractivity contribution in [3.05, 3.63) is 23.9 Å². The summed E-state index contributed by atoms with van der Waals surface area (Å²) in [4.78, 5) is 8.40. The van der Waals surface area contributed by atoms with Gasteiger partial charge in [0.05, 0.1) is 17.2 Å². The number of anilines is 2. The van der Waals surface area contributed by atoms with E-state index >= 15 is 0 Å². The summed E-state index contributed by atoms with van der Waals surface area (Å²) in [5.74, 6) is 0.667. The lowest BCUT2D eigenvalue weighted by molar-refractivity contribution is 0.477. The lowest BCUT2D eigenvalue weighted by Gasteiger charge is -2.19. The largest absolute Gasteiger partial charge is 0.383 e. The van der Waals surface area contributed by atoms with Crippen LogP contribution in [0.4, 0.5) is 11.8 Å². The van der Waals surface area contributed by atoms with Gasteiger partial charge in [-0.3, -0.25) is 4.55 Å². The molecule has 0 atom stereocenters. The minimum Gasteiger partial charge on any atom is -0.383 e. The Morgan fingerprint density at radius 1 is 1.19 bits per heavy atom. The second-order valence-electron chi connectivity index (χ2n) is 6.22. The summed E-state index contributed by atoms with van der Waals surface area (Å²) in [6.45, 7) is 6.58. The molecule has 5 N–H and O–H groups in total. The zero-order valence-electron chi connectivity index (χ0n) is 15.4. The van der Waals surface area contributed by atoms with Crippen LogP contribution in [0.3, 0.4) is 0 Å². The number of benzene rings is 1. The quantitative estimate of drug-likeness (QED) is 0.595. The van der Waals surface area contributed by atoms with Crippen molar-refractivity contribution >= 4 is 43.7 Å². The van der Waals surface area contributed by atoms with Crippen LogP contribution >= 0.6 is 0 Å². The molecule has 0 aliphatic carbocycles. The summed E-state index contributed by atoms with van der Waals surface area (Å²) in [5, 5.41) is 2.00. The molecule has 0 aliphatic rings. The van der Waals surface area contributed by atoms with Crippen LogP contribution in [0.15, 0.2) is 18.2 Å². The zero-order chi connectivity index (χ0) is 19.6. The monoisotopic (exact) mass is 379 g/mol. The molecule has 0 unspecified atom stereocenters. The first-order valence-electron chi connectivity index (χ1n) is 8.32. The fraction of sp³-hybridized carbons (Fsp3) is 0.412. The van der Waals surface area contributed by atoms with Gasteiger partial charge in [-0.05, 0) is 38.0 Å². The third kappa shape index (κ3) is 4.23. The molecule has 0 spiro atoms. The number of nitrogen functional groups attached to an aromatic ring is 2. The Kier molecular flexibility index (Phi) is 5.72. The van der Waals surface area contributed by atoms with E-state index in [4.69, 9.17) is 16.0 Å². The van der Waals surface area contributed by atoms with Gasteiger partial charge in [-0.25, -0.2) is 4.98 Å². The third-order valence-electron chi connectivity index (χ3n) is 4.23. The predicted molar refractivity (Wildman–Crippen MR) is 106 cm³/mol. The minimum absolute atomic E-state index is 0.218. The molecule has 0 saturated carbocycles. The Morgan fingerprint density at radius 3 is 2.31 bits per heavy atom. The smallest absolute Gasteiger partial charge is 0.261 e. The maximum atomic E-state index is 9.19. The highest BCUT2D eigenvalue weighted by Gasteiger charge is 2.16. The number of nitrogens with two attached hydrogens (primary N) is 2. The molecule has 0 fully saturated rings. The summed E-state index contributed by atoms with van der Waals surface area (Å²) in [6.07, 6.45) is 2.92. The first-order chi connectivity index (χ1) is 12.1. The van der Waals surface area contributed by atoms with Gasteiger partial charge in [0.2, 0.25) is 5.95 Å². The van der Waals surface area contributed by atoms with Crippen LogP contribution in [0.2, 0.25) is 0 Å². The topological polar surface area (TPSA) is 137 Å². The van der Waals surface area contributed by atoms with E-state index in [1.165, 1.54) is 11.2 Å². The van der Waals surface area contributed by atoms with E-state index in [0.29, 0.717) is 18.1 Å². The van der Waals surface area contributed by atoms with Crippen LogP contribution in [0.5, 0.6) is 0 Å². The van der Waals surface area contributed by atoms with Crippen molar-refractivity contribution in [2.75, 3.05) is 17.7 Å². The van der Waals surface area contributed by atoms with Gasteiger partial charge in [0, 0.05) is 22.6 Å². The Bertz CT molecular complexity index is 1030. The molecular formula is C17H25N5O3S. The van der Waals surface area contributed by atoms with Crippen LogP contribution in [-0.4, -0.2) is 33.8 Å². The van der Waals surface area contributed by atoms with Gasteiger partial charge in [-0.2, -0.15) is 13.4 Å². The van der Waals surface area contributed by atoms with Crippen LogP contribution in [0.1, 0.15) is 38.4 Å². The van der Waals surface area contributed by atoms with Crippen molar-refractivity contribution in [1.29, 1.82) is 0 Å². The molecule has 0 aliphatic heterocycles. The van der Waals surface area contributed by atoms with E-state index in [0.717, 1.165) is 29.1 Å². The normalized spacial score (nSPS) is 11.8. The predicted octanol–water partition coefficient (Wildman–Crippen LogP) is 2.92. The lowest BCUT2D eigenvalue weighted by atomic mass is 10.1.